The molecule has 0 amide bonds. The van der Waals surface area contributed by atoms with Crippen LogP contribution < -0.4 is 0 Å². The number of azide groups is 1. The van der Waals surface area contributed by atoms with Gasteiger partial charge in [0, 0.05) is 21.5 Å². The largest absolute Gasteiger partial charge is 0.477 e. The topological polar surface area (TPSA) is 102 Å². The van der Waals surface area contributed by atoms with Crippen molar-refractivity contribution < 1.29 is 9.90 Å². The molecule has 15 heavy (non-hydrogen) atoms. The summed E-state index contributed by atoms with van der Waals surface area (Å²) in [6, 6.07) is 6.40. The van der Waals surface area contributed by atoms with Crippen molar-refractivity contribution in [2.24, 2.45) is 5.11 Å². The standard InChI is InChI=1S/C9H6N4O2/c10-13-12-6-1-2-7-5(3-6)4-8(11-7)9(14)15/h1-4,11H,(H,14,15). The fourth-order valence-corrected chi connectivity index (χ4v) is 1.35. The fourth-order valence-electron chi connectivity index (χ4n) is 1.35. The molecule has 0 saturated heterocycles. The van der Waals surface area contributed by atoms with Crippen LogP contribution in [0.2, 0.25) is 0 Å². The molecule has 6 heteroatoms. The van der Waals surface area contributed by atoms with Crippen molar-refractivity contribution in [2.75, 3.05) is 0 Å². The molecule has 0 aliphatic heterocycles. The lowest BCUT2D eigenvalue weighted by atomic mass is 10.2. The van der Waals surface area contributed by atoms with Crippen molar-refractivity contribution in [3.05, 3.63) is 40.4 Å². The number of aromatic amines is 1. The molecule has 2 rings (SSSR count). The lowest BCUT2D eigenvalue weighted by molar-refractivity contribution is 0.0691. The molecule has 1 aromatic heterocycles. The average Bonchev–Trinajstić information content (AvgIpc) is 2.61. The highest BCUT2D eigenvalue weighted by atomic mass is 16.4. The Morgan fingerprint density at radius 2 is 2.27 bits per heavy atom. The number of hydrogen-bond donors (Lipinski definition) is 2. The van der Waals surface area contributed by atoms with Gasteiger partial charge in [-0.25, -0.2) is 4.79 Å². The van der Waals surface area contributed by atoms with E-state index in [2.05, 4.69) is 15.0 Å². The molecule has 0 atom stereocenters. The Bertz CT molecular complexity index is 581. The normalized spacial score (nSPS) is 9.87. The minimum atomic E-state index is -1.02. The number of carboxylic acid groups (broad SMARTS) is 1. The van der Waals surface area contributed by atoms with Gasteiger partial charge in [0.25, 0.3) is 0 Å². The fraction of sp³-hybridized carbons (Fsp3) is 0. The van der Waals surface area contributed by atoms with Crippen molar-refractivity contribution in [1.29, 1.82) is 0 Å². The van der Waals surface area contributed by atoms with Gasteiger partial charge in [-0.05, 0) is 23.7 Å². The van der Waals surface area contributed by atoms with Gasteiger partial charge in [0.05, 0.1) is 0 Å². The number of fused-ring (bicyclic) bond motifs is 1. The third kappa shape index (κ3) is 1.61. The van der Waals surface area contributed by atoms with Crippen LogP contribution >= 0.6 is 0 Å². The maximum atomic E-state index is 10.7. The number of hydrogen-bond acceptors (Lipinski definition) is 2. The summed E-state index contributed by atoms with van der Waals surface area (Å²) in [6.07, 6.45) is 0. The van der Waals surface area contributed by atoms with Crippen molar-refractivity contribution in [1.82, 2.24) is 4.98 Å². The first-order chi connectivity index (χ1) is 7.20. The van der Waals surface area contributed by atoms with Gasteiger partial charge in [-0.1, -0.05) is 11.2 Å². The van der Waals surface area contributed by atoms with E-state index in [1.165, 1.54) is 6.07 Å². The van der Waals surface area contributed by atoms with Gasteiger partial charge in [0.1, 0.15) is 5.69 Å². The summed E-state index contributed by atoms with van der Waals surface area (Å²) in [6.45, 7) is 0. The van der Waals surface area contributed by atoms with Gasteiger partial charge >= 0.3 is 5.97 Å². The Kier molecular flexibility index (Phi) is 2.04. The number of rotatable bonds is 2. The van der Waals surface area contributed by atoms with Crippen LogP contribution in [0.25, 0.3) is 21.3 Å². The Morgan fingerprint density at radius 1 is 1.47 bits per heavy atom. The number of carbonyl (C=O) groups is 1. The van der Waals surface area contributed by atoms with Crippen LogP contribution in [0.5, 0.6) is 0 Å². The number of aromatic carboxylic acids is 1. The maximum Gasteiger partial charge on any atom is 0.352 e. The molecule has 0 spiro atoms. The smallest absolute Gasteiger partial charge is 0.352 e. The molecular formula is C9H6N4O2. The first kappa shape index (κ1) is 9.11. The zero-order valence-corrected chi connectivity index (χ0v) is 7.51. The number of nitrogens with zero attached hydrogens (tertiary/aromatic N) is 3. The average molecular weight is 202 g/mol. The van der Waals surface area contributed by atoms with Crippen molar-refractivity contribution in [2.45, 2.75) is 0 Å². The van der Waals surface area contributed by atoms with E-state index in [9.17, 15) is 4.79 Å². The summed E-state index contributed by atoms with van der Waals surface area (Å²) in [5, 5.41) is 12.9. The molecule has 1 heterocycles. The van der Waals surface area contributed by atoms with E-state index in [1.54, 1.807) is 18.2 Å². The van der Waals surface area contributed by atoms with Crippen LogP contribution in [0.3, 0.4) is 0 Å². The minimum absolute atomic E-state index is 0.114. The quantitative estimate of drug-likeness (QED) is 0.444. The molecule has 74 valence electrons. The van der Waals surface area contributed by atoms with Crippen LogP contribution in [0.15, 0.2) is 29.4 Å². The molecule has 0 fully saturated rings. The summed E-state index contributed by atoms with van der Waals surface area (Å²) in [5.74, 6) is -1.02. The van der Waals surface area contributed by atoms with Gasteiger partial charge in [-0.2, -0.15) is 0 Å². The summed E-state index contributed by atoms with van der Waals surface area (Å²) < 4.78 is 0. The van der Waals surface area contributed by atoms with Gasteiger partial charge in [-0.15, -0.1) is 0 Å². The van der Waals surface area contributed by atoms with Crippen LogP contribution in [0.4, 0.5) is 5.69 Å². The van der Waals surface area contributed by atoms with Crippen molar-refractivity contribution >= 4 is 22.6 Å². The van der Waals surface area contributed by atoms with Crippen LogP contribution in [0, 0.1) is 0 Å². The zero-order chi connectivity index (χ0) is 10.8. The molecule has 0 aliphatic rings. The first-order valence-electron chi connectivity index (χ1n) is 4.12. The van der Waals surface area contributed by atoms with E-state index in [1.807, 2.05) is 0 Å². The van der Waals surface area contributed by atoms with Gasteiger partial charge in [0.15, 0.2) is 0 Å². The van der Waals surface area contributed by atoms with Crippen molar-refractivity contribution in [3.63, 3.8) is 0 Å². The number of carboxylic acids is 1. The molecule has 0 unspecified atom stereocenters. The Balaban J connectivity index is 2.61. The summed E-state index contributed by atoms with van der Waals surface area (Å²) in [4.78, 5) is 16.1. The van der Waals surface area contributed by atoms with Gasteiger partial charge < -0.3 is 10.1 Å². The predicted molar refractivity (Wildman–Crippen MR) is 54.1 cm³/mol. The van der Waals surface area contributed by atoms with E-state index < -0.39 is 5.97 Å². The molecule has 2 N–H and O–H groups in total. The van der Waals surface area contributed by atoms with E-state index in [0.29, 0.717) is 16.6 Å². The van der Waals surface area contributed by atoms with E-state index in [0.717, 1.165) is 0 Å². The molecule has 1 aromatic carbocycles. The lowest BCUT2D eigenvalue weighted by Gasteiger charge is -1.90. The van der Waals surface area contributed by atoms with E-state index >= 15 is 0 Å². The lowest BCUT2D eigenvalue weighted by Crippen LogP contribution is -1.94. The Hall–Kier alpha value is -2.46. The molecule has 0 saturated carbocycles. The molecule has 6 nitrogen and oxygen atoms in total. The molecule has 2 aromatic rings. The second-order valence-corrected chi connectivity index (χ2v) is 2.95. The summed E-state index contributed by atoms with van der Waals surface area (Å²) in [7, 11) is 0. The number of benzene rings is 1. The predicted octanol–water partition coefficient (Wildman–Crippen LogP) is 2.81. The maximum absolute atomic E-state index is 10.7. The molecular weight excluding hydrogens is 196 g/mol. The second kappa shape index (κ2) is 3.36. The Morgan fingerprint density at radius 3 is 2.93 bits per heavy atom. The second-order valence-electron chi connectivity index (χ2n) is 2.95. The van der Waals surface area contributed by atoms with Crippen molar-refractivity contribution in [3.8, 4) is 0 Å². The third-order valence-corrected chi connectivity index (χ3v) is 1.99. The molecule has 0 bridgehead atoms. The monoisotopic (exact) mass is 202 g/mol. The van der Waals surface area contributed by atoms with Crippen LogP contribution in [-0.4, -0.2) is 16.1 Å². The molecule has 0 aliphatic carbocycles. The highest BCUT2D eigenvalue weighted by Gasteiger charge is 2.06. The first-order valence-corrected chi connectivity index (χ1v) is 4.12. The van der Waals surface area contributed by atoms with Crippen LogP contribution in [0.1, 0.15) is 10.5 Å². The highest BCUT2D eigenvalue weighted by molar-refractivity contribution is 5.94. The van der Waals surface area contributed by atoms with Crippen LogP contribution in [-0.2, 0) is 0 Å². The third-order valence-electron chi connectivity index (χ3n) is 1.99. The number of H-pyrrole nitrogens is 1. The minimum Gasteiger partial charge on any atom is -0.477 e. The SMILES string of the molecule is [N-]=[N+]=Nc1ccc2[nH]c(C(=O)O)cc2c1. The highest BCUT2D eigenvalue weighted by Crippen LogP contribution is 2.22. The zero-order valence-electron chi connectivity index (χ0n) is 7.51. The summed E-state index contributed by atoms with van der Waals surface area (Å²) >= 11 is 0. The number of nitrogens with one attached hydrogen (secondary N) is 1. The van der Waals surface area contributed by atoms with E-state index in [4.69, 9.17) is 10.6 Å². The summed E-state index contributed by atoms with van der Waals surface area (Å²) in [5.41, 5.74) is 9.51. The number of aromatic nitrogens is 1. The molecule has 0 radical (unpaired) electrons. The van der Waals surface area contributed by atoms with E-state index in [-0.39, 0.29) is 5.69 Å². The van der Waals surface area contributed by atoms with Gasteiger partial charge in [0.2, 0.25) is 0 Å². The Labute approximate surface area is 83.8 Å². The van der Waals surface area contributed by atoms with Gasteiger partial charge in [-0.3, -0.25) is 0 Å².